The number of benzene rings is 1. The van der Waals surface area contributed by atoms with Gasteiger partial charge in [-0.05, 0) is 42.4 Å². The van der Waals surface area contributed by atoms with E-state index in [0.29, 0.717) is 0 Å². The van der Waals surface area contributed by atoms with Crippen LogP contribution in [-0.2, 0) is 30.8 Å². The van der Waals surface area contributed by atoms with Crippen molar-refractivity contribution in [3.05, 3.63) is 53.3 Å². The minimum absolute atomic E-state index is 0.0951. The lowest BCUT2D eigenvalue weighted by Gasteiger charge is -2.35. The van der Waals surface area contributed by atoms with Crippen LogP contribution < -0.4 is 5.32 Å². The molecule has 4 rings (SSSR count). The van der Waals surface area contributed by atoms with Crippen molar-refractivity contribution in [3.8, 4) is 0 Å². The van der Waals surface area contributed by atoms with Gasteiger partial charge in [0.15, 0.2) is 0 Å². The Morgan fingerprint density at radius 3 is 2.79 bits per heavy atom. The highest BCUT2D eigenvalue weighted by atomic mass is 16.2. The highest BCUT2D eigenvalue weighted by Crippen LogP contribution is 2.31. The van der Waals surface area contributed by atoms with Crippen LogP contribution >= 0.6 is 0 Å². The third-order valence-electron chi connectivity index (χ3n) is 5.19. The van der Waals surface area contributed by atoms with Crippen LogP contribution in [0, 0.1) is 5.92 Å². The van der Waals surface area contributed by atoms with Crippen molar-refractivity contribution in [2.75, 3.05) is 7.05 Å². The molecule has 0 bridgehead atoms. The van der Waals surface area contributed by atoms with Gasteiger partial charge in [-0.2, -0.15) is 5.10 Å². The van der Waals surface area contributed by atoms with Crippen molar-refractivity contribution >= 4 is 5.91 Å². The standard InChI is InChI=1S/C19H24N4O/c1-20-19(24)18-10-15-4-2-3-5-16(15)12-22(18)13-17-8-9-21-23(17)11-14-6-7-14/h2-5,8-9,14,18H,6-7,10-13H2,1H3,(H,20,24)/t18-/m0/s1. The first-order valence-corrected chi connectivity index (χ1v) is 8.77. The maximum atomic E-state index is 12.4. The van der Waals surface area contributed by atoms with E-state index in [2.05, 4.69) is 50.3 Å². The molecular formula is C19H24N4O. The van der Waals surface area contributed by atoms with Gasteiger partial charge < -0.3 is 5.32 Å². The van der Waals surface area contributed by atoms with E-state index in [-0.39, 0.29) is 11.9 Å². The Kier molecular flexibility index (Phi) is 4.10. The zero-order valence-electron chi connectivity index (χ0n) is 14.1. The number of hydrogen-bond donors (Lipinski definition) is 1. The van der Waals surface area contributed by atoms with E-state index in [4.69, 9.17) is 0 Å². The predicted molar refractivity (Wildman–Crippen MR) is 92.2 cm³/mol. The van der Waals surface area contributed by atoms with Gasteiger partial charge in [-0.15, -0.1) is 0 Å². The van der Waals surface area contributed by atoms with Crippen LogP contribution in [0.2, 0.25) is 0 Å². The number of hydrogen-bond acceptors (Lipinski definition) is 3. The summed E-state index contributed by atoms with van der Waals surface area (Å²) in [4.78, 5) is 14.7. The van der Waals surface area contributed by atoms with Gasteiger partial charge in [0.1, 0.15) is 0 Å². The van der Waals surface area contributed by atoms with Gasteiger partial charge in [-0.1, -0.05) is 24.3 Å². The normalized spacial score (nSPS) is 20.6. The summed E-state index contributed by atoms with van der Waals surface area (Å²) in [6.07, 6.45) is 5.28. The number of likely N-dealkylation sites (N-methyl/N-ethyl adjacent to an activating group) is 1. The lowest BCUT2D eigenvalue weighted by Crippen LogP contribution is -2.49. The number of rotatable bonds is 5. The summed E-state index contributed by atoms with van der Waals surface area (Å²) in [5.74, 6) is 0.887. The molecule has 0 saturated heterocycles. The van der Waals surface area contributed by atoms with E-state index in [1.54, 1.807) is 7.05 Å². The number of fused-ring (bicyclic) bond motifs is 1. The maximum Gasteiger partial charge on any atom is 0.237 e. The van der Waals surface area contributed by atoms with Gasteiger partial charge in [0.05, 0.1) is 11.7 Å². The third-order valence-corrected chi connectivity index (χ3v) is 5.19. The van der Waals surface area contributed by atoms with Crippen molar-refractivity contribution < 1.29 is 4.79 Å². The highest BCUT2D eigenvalue weighted by Gasteiger charge is 2.31. The number of nitrogens with zero attached hydrogens (tertiary/aromatic N) is 3. The molecule has 5 nitrogen and oxygen atoms in total. The molecule has 2 aromatic rings. The molecule has 24 heavy (non-hydrogen) atoms. The Hall–Kier alpha value is -2.14. The van der Waals surface area contributed by atoms with Crippen LogP contribution in [0.3, 0.4) is 0 Å². The van der Waals surface area contributed by atoms with E-state index in [0.717, 1.165) is 32.0 Å². The molecule has 1 aromatic carbocycles. The molecule has 1 N–H and O–H groups in total. The first-order chi connectivity index (χ1) is 11.7. The highest BCUT2D eigenvalue weighted by molar-refractivity contribution is 5.82. The molecule has 1 amide bonds. The Bertz CT molecular complexity index is 734. The Labute approximate surface area is 142 Å². The second-order valence-electron chi connectivity index (χ2n) is 6.96. The quantitative estimate of drug-likeness (QED) is 0.915. The van der Waals surface area contributed by atoms with Crippen molar-refractivity contribution in [2.24, 2.45) is 5.92 Å². The Morgan fingerprint density at radius 1 is 1.25 bits per heavy atom. The van der Waals surface area contributed by atoms with Crippen molar-refractivity contribution in [1.82, 2.24) is 20.0 Å². The van der Waals surface area contributed by atoms with Crippen LogP contribution in [0.1, 0.15) is 29.7 Å². The summed E-state index contributed by atoms with van der Waals surface area (Å²) in [6.45, 7) is 2.58. The molecule has 0 unspecified atom stereocenters. The molecule has 1 aliphatic heterocycles. The fourth-order valence-electron chi connectivity index (χ4n) is 3.58. The summed E-state index contributed by atoms with van der Waals surface area (Å²) < 4.78 is 2.12. The summed E-state index contributed by atoms with van der Waals surface area (Å²) in [6, 6.07) is 10.4. The summed E-state index contributed by atoms with van der Waals surface area (Å²) in [7, 11) is 1.72. The van der Waals surface area contributed by atoms with E-state index in [9.17, 15) is 4.79 Å². The van der Waals surface area contributed by atoms with Crippen LogP contribution in [0.15, 0.2) is 36.5 Å². The molecule has 1 fully saturated rings. The molecule has 1 aliphatic carbocycles. The SMILES string of the molecule is CNC(=O)[C@@H]1Cc2ccccc2CN1Cc1ccnn1CC1CC1. The van der Waals surface area contributed by atoms with Crippen LogP contribution in [0.4, 0.5) is 0 Å². The smallest absolute Gasteiger partial charge is 0.237 e. The van der Waals surface area contributed by atoms with Gasteiger partial charge >= 0.3 is 0 Å². The van der Waals surface area contributed by atoms with Crippen molar-refractivity contribution in [2.45, 2.75) is 44.9 Å². The Balaban J connectivity index is 1.57. The van der Waals surface area contributed by atoms with Gasteiger partial charge in [-0.3, -0.25) is 14.4 Å². The fourth-order valence-corrected chi connectivity index (χ4v) is 3.58. The minimum atomic E-state index is -0.117. The average Bonchev–Trinajstić information content (AvgIpc) is 3.32. The lowest BCUT2D eigenvalue weighted by atomic mass is 9.93. The van der Waals surface area contributed by atoms with E-state index < -0.39 is 0 Å². The second-order valence-corrected chi connectivity index (χ2v) is 6.96. The van der Waals surface area contributed by atoms with Gasteiger partial charge in [0.25, 0.3) is 0 Å². The van der Waals surface area contributed by atoms with Crippen molar-refractivity contribution in [3.63, 3.8) is 0 Å². The summed E-state index contributed by atoms with van der Waals surface area (Å²) >= 11 is 0. The van der Waals surface area contributed by atoms with E-state index in [1.807, 2.05) is 6.20 Å². The average molecular weight is 324 g/mol. The minimum Gasteiger partial charge on any atom is -0.358 e. The molecule has 2 heterocycles. The first-order valence-electron chi connectivity index (χ1n) is 8.77. The van der Waals surface area contributed by atoms with Gasteiger partial charge in [-0.25, -0.2) is 0 Å². The Morgan fingerprint density at radius 2 is 2.04 bits per heavy atom. The number of carbonyl (C=O) groups excluding carboxylic acids is 1. The van der Waals surface area contributed by atoms with Gasteiger partial charge in [0.2, 0.25) is 5.91 Å². The molecule has 1 saturated carbocycles. The monoisotopic (exact) mass is 324 g/mol. The summed E-state index contributed by atoms with van der Waals surface area (Å²) in [5.41, 5.74) is 3.81. The van der Waals surface area contributed by atoms with Crippen LogP contribution in [0.5, 0.6) is 0 Å². The maximum absolute atomic E-state index is 12.4. The third kappa shape index (κ3) is 3.08. The van der Waals surface area contributed by atoms with E-state index >= 15 is 0 Å². The molecule has 0 spiro atoms. The van der Waals surface area contributed by atoms with Gasteiger partial charge in [0, 0.05) is 32.9 Å². The number of aromatic nitrogens is 2. The topological polar surface area (TPSA) is 50.2 Å². The van der Waals surface area contributed by atoms with Crippen LogP contribution in [-0.4, -0.2) is 33.7 Å². The van der Waals surface area contributed by atoms with Crippen LogP contribution in [0.25, 0.3) is 0 Å². The number of carbonyl (C=O) groups is 1. The van der Waals surface area contributed by atoms with Crippen molar-refractivity contribution in [1.29, 1.82) is 0 Å². The zero-order valence-corrected chi connectivity index (χ0v) is 14.1. The first kappa shape index (κ1) is 15.4. The molecule has 5 heteroatoms. The zero-order chi connectivity index (χ0) is 16.5. The predicted octanol–water partition coefficient (Wildman–Crippen LogP) is 1.97. The van der Waals surface area contributed by atoms with E-state index in [1.165, 1.54) is 29.7 Å². The molecule has 126 valence electrons. The largest absolute Gasteiger partial charge is 0.358 e. The molecule has 0 radical (unpaired) electrons. The second kappa shape index (κ2) is 6.40. The summed E-state index contributed by atoms with van der Waals surface area (Å²) in [5, 5.41) is 7.31. The molecule has 1 atom stereocenters. The lowest BCUT2D eigenvalue weighted by molar-refractivity contribution is -0.126. The number of amides is 1. The fraction of sp³-hybridized carbons (Fsp3) is 0.474. The number of nitrogens with one attached hydrogen (secondary N) is 1. The molecule has 2 aliphatic rings. The molecular weight excluding hydrogens is 300 g/mol. The molecule has 1 aromatic heterocycles.